The van der Waals surface area contributed by atoms with E-state index >= 15 is 0 Å². The molecule has 0 aromatic heterocycles. The first kappa shape index (κ1) is 19.8. The highest BCUT2D eigenvalue weighted by atomic mass is 79.9. The number of hydrogen-bond acceptors (Lipinski definition) is 3. The number of anilines is 1. The molecule has 1 aliphatic carbocycles. The normalized spacial score (nSPS) is 21.2. The molecule has 150 valence electrons. The number of nitrogens with one attached hydrogen (secondary N) is 1. The van der Waals surface area contributed by atoms with Gasteiger partial charge in [0.15, 0.2) is 0 Å². The summed E-state index contributed by atoms with van der Waals surface area (Å²) in [5.41, 5.74) is 2.73. The molecule has 0 saturated heterocycles. The average Bonchev–Trinajstić information content (AvgIpc) is 2.96. The molecule has 2 aromatic carbocycles. The van der Waals surface area contributed by atoms with Gasteiger partial charge in [-0.25, -0.2) is 0 Å². The third-order valence-corrected chi connectivity index (χ3v) is 6.86. The van der Waals surface area contributed by atoms with Crippen LogP contribution in [-0.4, -0.2) is 29.2 Å². The number of imide groups is 1. The summed E-state index contributed by atoms with van der Waals surface area (Å²) in [6.45, 7) is 2.27. The van der Waals surface area contributed by atoms with Crippen molar-refractivity contribution in [3.05, 3.63) is 63.6 Å². The average molecular weight is 455 g/mol. The number of carbonyl (C=O) groups is 3. The fourth-order valence-electron chi connectivity index (χ4n) is 4.37. The number of fused-ring (bicyclic) bond motifs is 1. The van der Waals surface area contributed by atoms with Crippen LogP contribution >= 0.6 is 15.9 Å². The van der Waals surface area contributed by atoms with Crippen molar-refractivity contribution in [2.45, 2.75) is 32.6 Å². The Bertz CT molecular complexity index is 953. The van der Waals surface area contributed by atoms with Crippen molar-refractivity contribution in [1.82, 2.24) is 4.90 Å². The summed E-state index contributed by atoms with van der Waals surface area (Å²) in [5.74, 6) is -0.773. The minimum absolute atomic E-state index is 0.0255. The second-order valence-electron chi connectivity index (χ2n) is 7.87. The number of nitrogens with zero attached hydrogens (tertiary/aromatic N) is 1. The Labute approximate surface area is 178 Å². The maximum Gasteiger partial charge on any atom is 0.261 e. The highest BCUT2D eigenvalue weighted by Crippen LogP contribution is 2.34. The van der Waals surface area contributed by atoms with Crippen LogP contribution in [0.15, 0.2) is 46.9 Å². The van der Waals surface area contributed by atoms with Gasteiger partial charge < -0.3 is 5.32 Å². The topological polar surface area (TPSA) is 66.5 Å². The van der Waals surface area contributed by atoms with Gasteiger partial charge in [-0.3, -0.25) is 19.3 Å². The van der Waals surface area contributed by atoms with E-state index in [9.17, 15) is 14.4 Å². The quantitative estimate of drug-likeness (QED) is 0.674. The van der Waals surface area contributed by atoms with Gasteiger partial charge in [-0.1, -0.05) is 40.9 Å². The molecule has 1 N–H and O–H groups in total. The smallest absolute Gasteiger partial charge is 0.261 e. The predicted molar refractivity (Wildman–Crippen MR) is 115 cm³/mol. The molecule has 1 fully saturated rings. The van der Waals surface area contributed by atoms with Gasteiger partial charge in [0.1, 0.15) is 0 Å². The molecule has 3 amide bonds. The van der Waals surface area contributed by atoms with E-state index in [-0.39, 0.29) is 29.6 Å². The summed E-state index contributed by atoms with van der Waals surface area (Å²) in [5, 5.41) is 3.03. The Balaban J connectivity index is 1.49. The lowest BCUT2D eigenvalue weighted by molar-refractivity contribution is -0.122. The van der Waals surface area contributed by atoms with Crippen molar-refractivity contribution < 1.29 is 14.4 Å². The zero-order chi connectivity index (χ0) is 20.5. The first-order chi connectivity index (χ1) is 14.0. The lowest BCUT2D eigenvalue weighted by Gasteiger charge is -2.32. The molecular weight excluding hydrogens is 432 g/mol. The van der Waals surface area contributed by atoms with E-state index in [0.29, 0.717) is 17.7 Å². The van der Waals surface area contributed by atoms with Gasteiger partial charge in [-0.05, 0) is 61.6 Å². The molecule has 0 radical (unpaired) electrons. The Hall–Kier alpha value is -2.47. The van der Waals surface area contributed by atoms with Crippen molar-refractivity contribution >= 4 is 39.3 Å². The van der Waals surface area contributed by atoms with Crippen LogP contribution < -0.4 is 5.32 Å². The molecule has 0 spiro atoms. The third kappa shape index (κ3) is 3.86. The molecule has 1 heterocycles. The van der Waals surface area contributed by atoms with Crippen molar-refractivity contribution in [1.29, 1.82) is 0 Å². The number of halogens is 1. The second kappa shape index (κ2) is 8.11. The van der Waals surface area contributed by atoms with Crippen molar-refractivity contribution in [2.24, 2.45) is 11.8 Å². The van der Waals surface area contributed by atoms with Crippen LogP contribution in [0.1, 0.15) is 52.0 Å². The van der Waals surface area contributed by atoms with Gasteiger partial charge in [0, 0.05) is 22.6 Å². The molecule has 0 bridgehead atoms. The molecule has 2 atom stereocenters. The standard InChI is InChI=1S/C23H23BrN2O3/c1-14-12-16(10-11-20(14)24)25-21(27)17-7-3-2-6-15(17)13-26-22(28)18-8-4-5-9-19(18)23(26)29/h4-5,8-12,15,17H,2-3,6-7,13H2,1H3,(H,25,27). The van der Waals surface area contributed by atoms with E-state index in [4.69, 9.17) is 0 Å². The number of aryl methyl sites for hydroxylation is 1. The summed E-state index contributed by atoms with van der Waals surface area (Å²) >= 11 is 3.47. The number of carbonyl (C=O) groups excluding carboxylic acids is 3. The molecule has 2 aliphatic rings. The van der Waals surface area contributed by atoms with E-state index in [0.717, 1.165) is 41.4 Å². The fourth-order valence-corrected chi connectivity index (χ4v) is 4.61. The predicted octanol–water partition coefficient (Wildman–Crippen LogP) is 4.80. The van der Waals surface area contributed by atoms with Crippen LogP contribution in [-0.2, 0) is 4.79 Å². The Morgan fingerprint density at radius 2 is 1.72 bits per heavy atom. The van der Waals surface area contributed by atoms with E-state index in [1.54, 1.807) is 24.3 Å². The SMILES string of the molecule is Cc1cc(NC(=O)C2CCCCC2CN2C(=O)c3ccccc3C2=O)ccc1Br. The van der Waals surface area contributed by atoms with E-state index in [1.165, 1.54) is 4.90 Å². The Kier molecular flexibility index (Phi) is 5.54. The van der Waals surface area contributed by atoms with Crippen LogP contribution in [0.2, 0.25) is 0 Å². The third-order valence-electron chi connectivity index (χ3n) is 5.97. The maximum atomic E-state index is 13.0. The Morgan fingerprint density at radius 1 is 1.07 bits per heavy atom. The van der Waals surface area contributed by atoms with Gasteiger partial charge >= 0.3 is 0 Å². The molecule has 6 heteroatoms. The first-order valence-corrected chi connectivity index (χ1v) is 10.8. The summed E-state index contributed by atoms with van der Waals surface area (Å²) in [7, 11) is 0. The number of amides is 3. The van der Waals surface area contributed by atoms with Gasteiger partial charge in [0.05, 0.1) is 11.1 Å². The van der Waals surface area contributed by atoms with Crippen molar-refractivity contribution in [2.75, 3.05) is 11.9 Å². The van der Waals surface area contributed by atoms with Gasteiger partial charge in [0.2, 0.25) is 5.91 Å². The fraction of sp³-hybridized carbons (Fsp3) is 0.348. The van der Waals surface area contributed by atoms with Crippen LogP contribution in [0.25, 0.3) is 0 Å². The molecule has 1 saturated carbocycles. The number of hydrogen-bond donors (Lipinski definition) is 1. The summed E-state index contributed by atoms with van der Waals surface area (Å²) < 4.78 is 0.997. The zero-order valence-corrected chi connectivity index (χ0v) is 17.9. The van der Waals surface area contributed by atoms with E-state index in [1.807, 2.05) is 25.1 Å². The van der Waals surface area contributed by atoms with Crippen molar-refractivity contribution in [3.63, 3.8) is 0 Å². The molecular formula is C23H23BrN2O3. The number of benzene rings is 2. The molecule has 4 rings (SSSR count). The second-order valence-corrected chi connectivity index (χ2v) is 8.73. The lowest BCUT2D eigenvalue weighted by Crippen LogP contribution is -2.41. The summed E-state index contributed by atoms with van der Waals surface area (Å²) in [6, 6.07) is 12.6. The highest BCUT2D eigenvalue weighted by molar-refractivity contribution is 9.10. The summed E-state index contributed by atoms with van der Waals surface area (Å²) in [4.78, 5) is 39.8. The summed E-state index contributed by atoms with van der Waals surface area (Å²) in [6.07, 6.45) is 3.60. The number of rotatable bonds is 4. The Morgan fingerprint density at radius 3 is 2.38 bits per heavy atom. The highest BCUT2D eigenvalue weighted by Gasteiger charge is 2.40. The van der Waals surface area contributed by atoms with Crippen molar-refractivity contribution in [3.8, 4) is 0 Å². The minimum atomic E-state index is -0.251. The largest absolute Gasteiger partial charge is 0.326 e. The van der Waals surface area contributed by atoms with E-state index < -0.39 is 0 Å². The maximum absolute atomic E-state index is 13.0. The first-order valence-electron chi connectivity index (χ1n) is 9.98. The van der Waals surface area contributed by atoms with Crippen LogP contribution in [0.4, 0.5) is 5.69 Å². The van der Waals surface area contributed by atoms with Crippen LogP contribution in [0, 0.1) is 18.8 Å². The monoisotopic (exact) mass is 454 g/mol. The lowest BCUT2D eigenvalue weighted by atomic mass is 9.78. The molecule has 2 aromatic rings. The molecule has 1 aliphatic heterocycles. The molecule has 5 nitrogen and oxygen atoms in total. The van der Waals surface area contributed by atoms with E-state index in [2.05, 4.69) is 21.2 Å². The van der Waals surface area contributed by atoms with Crippen LogP contribution in [0.3, 0.4) is 0 Å². The molecule has 29 heavy (non-hydrogen) atoms. The van der Waals surface area contributed by atoms with Gasteiger partial charge in [0.25, 0.3) is 11.8 Å². The van der Waals surface area contributed by atoms with Crippen LogP contribution in [0.5, 0.6) is 0 Å². The molecule has 2 unspecified atom stereocenters. The van der Waals surface area contributed by atoms with Gasteiger partial charge in [-0.2, -0.15) is 0 Å². The van der Waals surface area contributed by atoms with Gasteiger partial charge in [-0.15, -0.1) is 0 Å². The minimum Gasteiger partial charge on any atom is -0.326 e. The zero-order valence-electron chi connectivity index (χ0n) is 16.3.